The van der Waals surface area contributed by atoms with E-state index in [9.17, 15) is 8.42 Å². The molecule has 17 heavy (non-hydrogen) atoms. The summed E-state index contributed by atoms with van der Waals surface area (Å²) < 4.78 is 31.0. The second-order valence-electron chi connectivity index (χ2n) is 3.48. The summed E-state index contributed by atoms with van der Waals surface area (Å²) in [5.74, 6) is -0.0558. The van der Waals surface area contributed by atoms with Crippen molar-refractivity contribution in [2.24, 2.45) is 5.73 Å². The van der Waals surface area contributed by atoms with Crippen molar-refractivity contribution < 1.29 is 13.2 Å². The highest BCUT2D eigenvalue weighted by Gasteiger charge is 2.11. The van der Waals surface area contributed by atoms with Crippen LogP contribution in [0.15, 0.2) is 24.3 Å². The Balaban J connectivity index is 2.69. The second kappa shape index (κ2) is 6.58. The summed E-state index contributed by atoms with van der Waals surface area (Å²) in [5.41, 5.74) is 6.84. The van der Waals surface area contributed by atoms with E-state index >= 15 is 0 Å². The number of nitrogens with one attached hydrogen (secondary N) is 1. The molecule has 96 valence electrons. The smallest absolute Gasteiger partial charge is 0.235 e. The summed E-state index contributed by atoms with van der Waals surface area (Å²) in [4.78, 5) is 0. The molecule has 0 atom stereocenters. The average Bonchev–Trinajstić information content (AvgIpc) is 2.29. The number of benzene rings is 1. The molecule has 1 aromatic carbocycles. The van der Waals surface area contributed by atoms with Crippen molar-refractivity contribution in [2.75, 3.05) is 23.7 Å². The first-order valence-electron chi connectivity index (χ1n) is 5.45. The Kier molecular flexibility index (Phi) is 5.40. The molecule has 0 radical (unpaired) electrons. The Hall–Kier alpha value is -1.11. The Morgan fingerprint density at radius 1 is 1.35 bits per heavy atom. The number of anilines is 1. The lowest BCUT2D eigenvalue weighted by Gasteiger charge is -2.11. The molecule has 1 aromatic rings. The number of sulfonamides is 1. The molecule has 0 aliphatic carbocycles. The van der Waals surface area contributed by atoms with Gasteiger partial charge in [0.15, 0.2) is 0 Å². The Labute approximate surface area is 102 Å². The van der Waals surface area contributed by atoms with Crippen LogP contribution in [0.2, 0.25) is 0 Å². The van der Waals surface area contributed by atoms with Crippen molar-refractivity contribution in [3.63, 3.8) is 0 Å². The van der Waals surface area contributed by atoms with Gasteiger partial charge in [-0.1, -0.05) is 18.2 Å². The van der Waals surface area contributed by atoms with Gasteiger partial charge >= 0.3 is 0 Å². The Morgan fingerprint density at radius 2 is 2.06 bits per heavy atom. The second-order valence-corrected chi connectivity index (χ2v) is 5.32. The van der Waals surface area contributed by atoms with Gasteiger partial charge in [0.1, 0.15) is 0 Å². The molecule has 0 heterocycles. The quantitative estimate of drug-likeness (QED) is 0.713. The summed E-state index contributed by atoms with van der Waals surface area (Å²) in [7, 11) is -3.37. The first kappa shape index (κ1) is 14.0. The average molecular weight is 258 g/mol. The van der Waals surface area contributed by atoms with Crippen LogP contribution in [0.5, 0.6) is 0 Å². The molecule has 5 nitrogen and oxygen atoms in total. The minimum absolute atomic E-state index is 0.0558. The summed E-state index contributed by atoms with van der Waals surface area (Å²) in [6, 6.07) is 7.07. The molecule has 0 saturated carbocycles. The van der Waals surface area contributed by atoms with E-state index < -0.39 is 10.0 Å². The molecule has 0 aromatic heterocycles. The predicted molar refractivity (Wildman–Crippen MR) is 68.2 cm³/mol. The third-order valence-electron chi connectivity index (χ3n) is 2.20. The predicted octanol–water partition coefficient (Wildman–Crippen LogP) is 0.924. The standard InChI is InChI=1S/C11H18N2O3S/c1-2-16-7-8-17(14,15)13-11-6-4-3-5-10(11)9-12/h3-6,13H,2,7-9,12H2,1H3. The van der Waals surface area contributed by atoms with Gasteiger partial charge in [-0.2, -0.15) is 0 Å². The number of hydrogen-bond donors (Lipinski definition) is 2. The van der Waals surface area contributed by atoms with Crippen LogP contribution >= 0.6 is 0 Å². The third kappa shape index (κ3) is 4.72. The zero-order valence-corrected chi connectivity index (χ0v) is 10.7. The molecular weight excluding hydrogens is 240 g/mol. The third-order valence-corrected chi connectivity index (χ3v) is 3.44. The molecule has 0 unspecified atom stereocenters. The van der Waals surface area contributed by atoms with Crippen LogP contribution in [0.25, 0.3) is 0 Å². The lowest BCUT2D eigenvalue weighted by atomic mass is 10.2. The first-order chi connectivity index (χ1) is 8.09. The monoisotopic (exact) mass is 258 g/mol. The zero-order valence-electron chi connectivity index (χ0n) is 9.85. The molecule has 0 spiro atoms. The molecule has 3 N–H and O–H groups in total. The van der Waals surface area contributed by atoms with E-state index in [1.807, 2.05) is 13.0 Å². The van der Waals surface area contributed by atoms with Crippen molar-refractivity contribution in [1.29, 1.82) is 0 Å². The van der Waals surface area contributed by atoms with Gasteiger partial charge in [0.25, 0.3) is 0 Å². The first-order valence-corrected chi connectivity index (χ1v) is 7.10. The number of ether oxygens (including phenoxy) is 1. The lowest BCUT2D eigenvalue weighted by molar-refractivity contribution is 0.163. The largest absolute Gasteiger partial charge is 0.381 e. The van der Waals surface area contributed by atoms with Crippen LogP contribution in [0.3, 0.4) is 0 Å². The number of rotatable bonds is 7. The highest BCUT2D eigenvalue weighted by atomic mass is 32.2. The van der Waals surface area contributed by atoms with E-state index in [2.05, 4.69) is 4.72 Å². The van der Waals surface area contributed by atoms with E-state index in [-0.39, 0.29) is 12.4 Å². The van der Waals surface area contributed by atoms with E-state index in [4.69, 9.17) is 10.5 Å². The van der Waals surface area contributed by atoms with E-state index in [1.54, 1.807) is 18.2 Å². The van der Waals surface area contributed by atoms with Crippen molar-refractivity contribution in [3.8, 4) is 0 Å². The summed E-state index contributed by atoms with van der Waals surface area (Å²) in [5, 5.41) is 0. The minimum Gasteiger partial charge on any atom is -0.381 e. The molecule has 0 bridgehead atoms. The molecular formula is C11H18N2O3S. The van der Waals surface area contributed by atoms with Crippen LogP contribution in [-0.2, 0) is 21.3 Å². The van der Waals surface area contributed by atoms with Gasteiger partial charge in [-0.25, -0.2) is 8.42 Å². The van der Waals surface area contributed by atoms with Gasteiger partial charge in [-0.3, -0.25) is 4.72 Å². The van der Waals surface area contributed by atoms with Crippen LogP contribution in [-0.4, -0.2) is 27.4 Å². The van der Waals surface area contributed by atoms with Crippen molar-refractivity contribution in [2.45, 2.75) is 13.5 Å². The maximum Gasteiger partial charge on any atom is 0.235 e. The van der Waals surface area contributed by atoms with Crippen molar-refractivity contribution >= 4 is 15.7 Å². The minimum atomic E-state index is -3.37. The normalized spacial score (nSPS) is 11.4. The van der Waals surface area contributed by atoms with Gasteiger partial charge in [0, 0.05) is 13.2 Å². The molecule has 0 fully saturated rings. The van der Waals surface area contributed by atoms with Gasteiger partial charge in [-0.05, 0) is 18.6 Å². The SMILES string of the molecule is CCOCCS(=O)(=O)Nc1ccccc1CN. The van der Waals surface area contributed by atoms with E-state index in [0.29, 0.717) is 18.8 Å². The molecule has 0 aliphatic heterocycles. The topological polar surface area (TPSA) is 81.4 Å². The molecule has 0 amide bonds. The van der Waals surface area contributed by atoms with Crippen LogP contribution in [0.4, 0.5) is 5.69 Å². The maximum atomic E-state index is 11.7. The van der Waals surface area contributed by atoms with Gasteiger partial charge in [0.05, 0.1) is 18.0 Å². The highest BCUT2D eigenvalue weighted by molar-refractivity contribution is 7.92. The van der Waals surface area contributed by atoms with Crippen molar-refractivity contribution in [3.05, 3.63) is 29.8 Å². The van der Waals surface area contributed by atoms with Gasteiger partial charge < -0.3 is 10.5 Å². The van der Waals surface area contributed by atoms with Gasteiger partial charge in [-0.15, -0.1) is 0 Å². The van der Waals surface area contributed by atoms with Crippen molar-refractivity contribution in [1.82, 2.24) is 0 Å². The fourth-order valence-electron chi connectivity index (χ4n) is 1.33. The fraction of sp³-hybridized carbons (Fsp3) is 0.455. The maximum absolute atomic E-state index is 11.7. The number of hydrogen-bond acceptors (Lipinski definition) is 4. The summed E-state index contributed by atoms with van der Waals surface area (Å²) in [6.07, 6.45) is 0. The van der Waals surface area contributed by atoms with Crippen LogP contribution < -0.4 is 10.5 Å². The highest BCUT2D eigenvalue weighted by Crippen LogP contribution is 2.15. The summed E-state index contributed by atoms with van der Waals surface area (Å²) >= 11 is 0. The molecule has 0 aliphatic rings. The molecule has 1 rings (SSSR count). The van der Waals surface area contributed by atoms with Crippen LogP contribution in [0.1, 0.15) is 12.5 Å². The molecule has 6 heteroatoms. The zero-order chi connectivity index (χ0) is 12.7. The van der Waals surface area contributed by atoms with Crippen LogP contribution in [0, 0.1) is 0 Å². The van der Waals surface area contributed by atoms with E-state index in [0.717, 1.165) is 5.56 Å². The summed E-state index contributed by atoms with van der Waals surface area (Å²) in [6.45, 7) is 2.82. The molecule has 0 saturated heterocycles. The number of para-hydroxylation sites is 1. The fourth-order valence-corrected chi connectivity index (χ4v) is 2.30. The van der Waals surface area contributed by atoms with Gasteiger partial charge in [0.2, 0.25) is 10.0 Å². The van der Waals surface area contributed by atoms with E-state index in [1.165, 1.54) is 0 Å². The Morgan fingerprint density at radius 3 is 2.71 bits per heavy atom. The lowest BCUT2D eigenvalue weighted by Crippen LogP contribution is -2.21. The number of nitrogens with two attached hydrogens (primary N) is 1. The Bertz CT molecular complexity index is 446.